The molecule has 2 aliphatic rings. The number of benzene rings is 2. The molecular formula is C24H22ClN3O2. The summed E-state index contributed by atoms with van der Waals surface area (Å²) >= 11 is 6.03. The smallest absolute Gasteiger partial charge is 0.244 e. The van der Waals surface area contributed by atoms with E-state index in [1.807, 2.05) is 71.6 Å². The third kappa shape index (κ3) is 3.78. The number of rotatable bonds is 4. The van der Waals surface area contributed by atoms with Gasteiger partial charge in [-0.15, -0.1) is 0 Å². The zero-order chi connectivity index (χ0) is 20.5. The first-order valence-electron chi connectivity index (χ1n) is 10.1. The average Bonchev–Trinajstić information content (AvgIpc) is 3.17. The highest BCUT2D eigenvalue weighted by molar-refractivity contribution is 6.30. The van der Waals surface area contributed by atoms with E-state index in [1.54, 1.807) is 6.20 Å². The molecule has 30 heavy (non-hydrogen) atoms. The van der Waals surface area contributed by atoms with Crippen LogP contribution >= 0.6 is 11.6 Å². The summed E-state index contributed by atoms with van der Waals surface area (Å²) in [5.74, 6) is 0.839. The van der Waals surface area contributed by atoms with Gasteiger partial charge in [0.1, 0.15) is 11.9 Å². The minimum atomic E-state index is -0.234. The Labute approximate surface area is 180 Å². The summed E-state index contributed by atoms with van der Waals surface area (Å²) in [6, 6.07) is 21.1. The number of pyridine rings is 1. The van der Waals surface area contributed by atoms with Crippen molar-refractivity contribution < 1.29 is 9.53 Å². The molecule has 2 aliphatic heterocycles. The topological polar surface area (TPSA) is 45.7 Å². The number of aromatic nitrogens is 1. The molecule has 0 unspecified atom stereocenters. The fourth-order valence-corrected chi connectivity index (χ4v) is 4.40. The Kier molecular flexibility index (Phi) is 5.15. The number of hydrogen-bond donors (Lipinski definition) is 0. The number of amides is 1. The van der Waals surface area contributed by atoms with E-state index in [4.69, 9.17) is 16.3 Å². The van der Waals surface area contributed by atoms with Crippen molar-refractivity contribution >= 4 is 23.2 Å². The first-order chi connectivity index (χ1) is 14.7. The second-order valence-electron chi connectivity index (χ2n) is 7.76. The maximum atomic E-state index is 13.8. The molecule has 5 rings (SSSR count). The largest absolute Gasteiger partial charge is 0.487 e. The van der Waals surface area contributed by atoms with Gasteiger partial charge in [-0.2, -0.15) is 0 Å². The summed E-state index contributed by atoms with van der Waals surface area (Å²) < 4.78 is 6.35. The quantitative estimate of drug-likeness (QED) is 0.632. The Morgan fingerprint density at radius 3 is 2.60 bits per heavy atom. The Morgan fingerprint density at radius 2 is 1.80 bits per heavy atom. The predicted octanol–water partition coefficient (Wildman–Crippen LogP) is 4.30. The molecule has 0 radical (unpaired) electrons. The van der Waals surface area contributed by atoms with E-state index in [0.717, 1.165) is 22.7 Å². The molecule has 2 atom stereocenters. The number of para-hydroxylation sites is 2. The minimum absolute atomic E-state index is 0.00981. The van der Waals surface area contributed by atoms with Crippen LogP contribution in [-0.2, 0) is 17.9 Å². The lowest BCUT2D eigenvalue weighted by Gasteiger charge is -2.31. The second kappa shape index (κ2) is 8.09. The van der Waals surface area contributed by atoms with Gasteiger partial charge >= 0.3 is 0 Å². The van der Waals surface area contributed by atoms with Gasteiger partial charge in [0.25, 0.3) is 0 Å². The van der Waals surface area contributed by atoms with Crippen LogP contribution < -0.4 is 9.64 Å². The van der Waals surface area contributed by atoms with Crippen LogP contribution in [0.15, 0.2) is 72.9 Å². The van der Waals surface area contributed by atoms with Crippen molar-refractivity contribution in [3.8, 4) is 5.75 Å². The summed E-state index contributed by atoms with van der Waals surface area (Å²) in [7, 11) is 0. The summed E-state index contributed by atoms with van der Waals surface area (Å²) in [4.78, 5) is 22.2. The molecule has 0 N–H and O–H groups in total. The van der Waals surface area contributed by atoms with Gasteiger partial charge in [-0.05, 0) is 42.0 Å². The highest BCUT2D eigenvalue weighted by atomic mass is 35.5. The molecule has 0 aliphatic carbocycles. The maximum Gasteiger partial charge on any atom is 0.244 e. The molecule has 1 amide bonds. The fourth-order valence-electron chi connectivity index (χ4n) is 4.28. The molecule has 3 aromatic rings. The van der Waals surface area contributed by atoms with Crippen LogP contribution in [0.1, 0.15) is 17.7 Å². The number of hydrogen-bond acceptors (Lipinski definition) is 4. The highest BCUT2D eigenvalue weighted by Gasteiger charge is 2.42. The number of anilines is 1. The standard InChI is InChI=1S/C24H22ClN3O2/c25-18-10-8-17(9-11-18)14-27-16-20-13-22(27)24(29)28(15-19-5-3-4-12-26-19)21-6-1-2-7-23(21)30-20/h1-12,20,22H,13-16H2/t20-,22-/m0/s1. The molecule has 152 valence electrons. The third-order valence-corrected chi connectivity index (χ3v) is 5.96. The van der Waals surface area contributed by atoms with Gasteiger partial charge in [-0.1, -0.05) is 41.9 Å². The molecule has 5 nitrogen and oxygen atoms in total. The van der Waals surface area contributed by atoms with Gasteiger partial charge < -0.3 is 9.64 Å². The lowest BCUT2D eigenvalue weighted by atomic mass is 10.1. The number of likely N-dealkylation sites (tertiary alicyclic amines) is 1. The summed E-state index contributed by atoms with van der Waals surface area (Å²) in [6.07, 6.45) is 2.42. The first kappa shape index (κ1) is 19.1. The number of carbonyl (C=O) groups excluding carboxylic acids is 1. The van der Waals surface area contributed by atoms with Gasteiger partial charge in [-0.25, -0.2) is 0 Å². The normalized spacial score (nSPS) is 21.0. The third-order valence-electron chi connectivity index (χ3n) is 5.71. The SMILES string of the molecule is O=C1[C@@H]2C[C@@H](CN2Cc2ccc(Cl)cc2)Oc2ccccc2N1Cc1ccccn1. The van der Waals surface area contributed by atoms with E-state index in [9.17, 15) is 4.79 Å². The minimum Gasteiger partial charge on any atom is -0.487 e. The van der Waals surface area contributed by atoms with E-state index in [-0.39, 0.29) is 18.1 Å². The van der Waals surface area contributed by atoms with Gasteiger partial charge in [0.2, 0.25) is 5.91 Å². The molecule has 2 bridgehead atoms. The van der Waals surface area contributed by atoms with Gasteiger partial charge in [0.15, 0.2) is 0 Å². The van der Waals surface area contributed by atoms with E-state index in [1.165, 1.54) is 0 Å². The van der Waals surface area contributed by atoms with Gasteiger partial charge in [-0.3, -0.25) is 14.7 Å². The van der Waals surface area contributed by atoms with Crippen molar-refractivity contribution in [3.05, 3.63) is 89.2 Å². The van der Waals surface area contributed by atoms with Crippen molar-refractivity contribution in [1.29, 1.82) is 0 Å². The molecule has 1 fully saturated rings. The Morgan fingerprint density at radius 1 is 1.00 bits per heavy atom. The Hall–Kier alpha value is -2.89. The van der Waals surface area contributed by atoms with E-state index < -0.39 is 0 Å². The van der Waals surface area contributed by atoms with Crippen molar-refractivity contribution in [2.24, 2.45) is 0 Å². The molecule has 1 saturated heterocycles. The van der Waals surface area contributed by atoms with Crippen LogP contribution in [-0.4, -0.2) is 34.5 Å². The number of ether oxygens (including phenoxy) is 1. The van der Waals surface area contributed by atoms with Gasteiger partial charge in [0, 0.05) is 30.7 Å². The summed E-state index contributed by atoms with van der Waals surface area (Å²) in [5, 5.41) is 0.712. The van der Waals surface area contributed by atoms with Crippen molar-refractivity contribution in [2.45, 2.75) is 31.7 Å². The molecule has 3 heterocycles. The molecule has 6 heteroatoms. The number of carbonyl (C=O) groups is 1. The molecule has 0 spiro atoms. The van der Waals surface area contributed by atoms with Crippen molar-refractivity contribution in [3.63, 3.8) is 0 Å². The summed E-state index contributed by atoms with van der Waals surface area (Å²) in [5.41, 5.74) is 2.78. The summed E-state index contributed by atoms with van der Waals surface area (Å²) in [6.45, 7) is 1.81. The van der Waals surface area contributed by atoms with Crippen LogP contribution in [0, 0.1) is 0 Å². The first-order valence-corrected chi connectivity index (χ1v) is 10.5. The van der Waals surface area contributed by atoms with Gasteiger partial charge in [0.05, 0.1) is 24.0 Å². The second-order valence-corrected chi connectivity index (χ2v) is 8.20. The Balaban J connectivity index is 1.48. The zero-order valence-corrected chi connectivity index (χ0v) is 17.2. The predicted molar refractivity (Wildman–Crippen MR) is 117 cm³/mol. The average molecular weight is 420 g/mol. The van der Waals surface area contributed by atoms with Crippen LogP contribution in [0.4, 0.5) is 5.69 Å². The van der Waals surface area contributed by atoms with Crippen LogP contribution in [0.3, 0.4) is 0 Å². The van der Waals surface area contributed by atoms with E-state index >= 15 is 0 Å². The molecule has 2 aromatic carbocycles. The van der Waals surface area contributed by atoms with Crippen molar-refractivity contribution in [1.82, 2.24) is 9.88 Å². The number of nitrogens with zero attached hydrogens (tertiary/aromatic N) is 3. The van der Waals surface area contributed by atoms with E-state index in [0.29, 0.717) is 31.1 Å². The lowest BCUT2D eigenvalue weighted by molar-refractivity contribution is -0.123. The molecular weight excluding hydrogens is 398 g/mol. The Bertz CT molecular complexity index is 1040. The van der Waals surface area contributed by atoms with E-state index in [2.05, 4.69) is 9.88 Å². The molecule has 1 aromatic heterocycles. The van der Waals surface area contributed by atoms with Crippen LogP contribution in [0.2, 0.25) is 5.02 Å². The maximum absolute atomic E-state index is 13.8. The number of fused-ring (bicyclic) bond motifs is 3. The van der Waals surface area contributed by atoms with Crippen LogP contribution in [0.5, 0.6) is 5.75 Å². The highest BCUT2D eigenvalue weighted by Crippen LogP contribution is 2.37. The van der Waals surface area contributed by atoms with Crippen LogP contribution in [0.25, 0.3) is 0 Å². The number of halogens is 1. The fraction of sp³-hybridized carbons (Fsp3) is 0.250. The van der Waals surface area contributed by atoms with Crippen molar-refractivity contribution in [2.75, 3.05) is 11.4 Å². The monoisotopic (exact) mass is 419 g/mol. The molecule has 0 saturated carbocycles. The lowest BCUT2D eigenvalue weighted by Crippen LogP contribution is -2.45. The zero-order valence-electron chi connectivity index (χ0n) is 16.4.